The molecule has 2 nitrogen and oxygen atoms in total. The highest BCUT2D eigenvalue weighted by molar-refractivity contribution is 7.99. The summed E-state index contributed by atoms with van der Waals surface area (Å²) >= 11 is 1.57. The highest BCUT2D eigenvalue weighted by Gasteiger charge is 1.89. The lowest BCUT2D eigenvalue weighted by Crippen LogP contribution is -1.83. The van der Waals surface area contributed by atoms with E-state index < -0.39 is 0 Å². The van der Waals surface area contributed by atoms with Gasteiger partial charge in [0.15, 0.2) is 0 Å². The van der Waals surface area contributed by atoms with Crippen molar-refractivity contribution in [3.05, 3.63) is 24.5 Å². The van der Waals surface area contributed by atoms with Gasteiger partial charge < -0.3 is 0 Å². The molecule has 0 aliphatic heterocycles. The van der Waals surface area contributed by atoms with Gasteiger partial charge in [0.1, 0.15) is 0 Å². The molecule has 0 aliphatic rings. The van der Waals surface area contributed by atoms with Crippen LogP contribution in [0.4, 0.5) is 0 Å². The fourth-order valence-corrected chi connectivity index (χ4v) is 1.23. The molecule has 0 aromatic carbocycles. The highest BCUT2D eigenvalue weighted by atomic mass is 32.2. The van der Waals surface area contributed by atoms with Crippen molar-refractivity contribution < 1.29 is 5.11 Å². The largest absolute Gasteiger partial charge is 0.265 e. The van der Waals surface area contributed by atoms with E-state index in [1.807, 2.05) is 12.1 Å². The Labute approximate surface area is 64.3 Å². The van der Waals surface area contributed by atoms with Crippen LogP contribution in [0.2, 0.25) is 0 Å². The molecule has 1 aromatic rings. The second-order valence-electron chi connectivity index (χ2n) is 1.74. The van der Waals surface area contributed by atoms with Gasteiger partial charge in [0.2, 0.25) is 0 Å². The molecule has 0 spiro atoms. The van der Waals surface area contributed by atoms with Gasteiger partial charge in [-0.3, -0.25) is 4.98 Å². The summed E-state index contributed by atoms with van der Waals surface area (Å²) < 4.78 is 0. The second kappa shape index (κ2) is 4.30. The SMILES string of the molecule is [O]CCSc1ccncc1. The van der Waals surface area contributed by atoms with Gasteiger partial charge in [0, 0.05) is 23.0 Å². The summed E-state index contributed by atoms with van der Waals surface area (Å²) in [6, 6.07) is 3.81. The average molecular weight is 154 g/mol. The molecule has 0 aliphatic carbocycles. The van der Waals surface area contributed by atoms with Crippen molar-refractivity contribution in [3.8, 4) is 0 Å². The molecule has 0 saturated heterocycles. The van der Waals surface area contributed by atoms with Crippen LogP contribution in [0.3, 0.4) is 0 Å². The maximum Gasteiger partial charge on any atom is 0.0916 e. The fraction of sp³-hybridized carbons (Fsp3) is 0.286. The van der Waals surface area contributed by atoms with E-state index in [0.717, 1.165) is 4.90 Å². The zero-order valence-electron chi connectivity index (χ0n) is 5.49. The maximum absolute atomic E-state index is 10.1. The van der Waals surface area contributed by atoms with E-state index in [1.165, 1.54) is 0 Å². The first-order valence-corrected chi connectivity index (χ1v) is 4.03. The smallest absolute Gasteiger partial charge is 0.0916 e. The first kappa shape index (κ1) is 7.57. The molecule has 0 N–H and O–H groups in total. The van der Waals surface area contributed by atoms with Crippen LogP contribution in [-0.4, -0.2) is 17.3 Å². The molecule has 0 bridgehead atoms. The Morgan fingerprint density at radius 2 is 2.10 bits per heavy atom. The monoisotopic (exact) mass is 154 g/mol. The van der Waals surface area contributed by atoms with Gasteiger partial charge >= 0.3 is 0 Å². The van der Waals surface area contributed by atoms with Crippen LogP contribution >= 0.6 is 11.8 Å². The van der Waals surface area contributed by atoms with E-state index >= 15 is 0 Å². The molecule has 0 amide bonds. The molecular formula is C7H8NOS. The summed E-state index contributed by atoms with van der Waals surface area (Å²) in [6.45, 7) is -0.0208. The molecule has 3 heteroatoms. The second-order valence-corrected chi connectivity index (χ2v) is 2.90. The summed E-state index contributed by atoms with van der Waals surface area (Å²) in [6.07, 6.45) is 3.46. The maximum atomic E-state index is 10.1. The van der Waals surface area contributed by atoms with E-state index in [2.05, 4.69) is 4.98 Å². The van der Waals surface area contributed by atoms with Crippen LogP contribution < -0.4 is 0 Å². The van der Waals surface area contributed by atoms with Crippen LogP contribution in [0.15, 0.2) is 29.4 Å². The Bertz CT molecular complexity index is 178. The molecule has 0 saturated carbocycles. The first-order valence-electron chi connectivity index (χ1n) is 3.04. The van der Waals surface area contributed by atoms with Crippen LogP contribution in [0, 0.1) is 0 Å². The van der Waals surface area contributed by atoms with E-state index in [-0.39, 0.29) is 6.61 Å². The predicted octanol–water partition coefficient (Wildman–Crippen LogP) is 1.60. The summed E-state index contributed by atoms with van der Waals surface area (Å²) in [4.78, 5) is 4.98. The molecule has 10 heavy (non-hydrogen) atoms. The van der Waals surface area contributed by atoms with Gasteiger partial charge in [-0.05, 0) is 12.1 Å². The molecule has 0 unspecified atom stereocenters. The van der Waals surface area contributed by atoms with Crippen molar-refractivity contribution in [1.82, 2.24) is 4.98 Å². The van der Waals surface area contributed by atoms with Crippen molar-refractivity contribution in [2.24, 2.45) is 0 Å². The van der Waals surface area contributed by atoms with Crippen LogP contribution in [0.25, 0.3) is 0 Å². The summed E-state index contributed by atoms with van der Waals surface area (Å²) in [5.74, 6) is 0.643. The van der Waals surface area contributed by atoms with Gasteiger partial charge in [-0.1, -0.05) is 0 Å². The van der Waals surface area contributed by atoms with Crippen LogP contribution in [-0.2, 0) is 5.11 Å². The summed E-state index contributed by atoms with van der Waals surface area (Å²) in [5, 5.41) is 10.1. The average Bonchev–Trinajstić information content (AvgIpc) is 2.03. The lowest BCUT2D eigenvalue weighted by atomic mass is 10.5. The summed E-state index contributed by atoms with van der Waals surface area (Å²) in [5.41, 5.74) is 0. The Morgan fingerprint density at radius 1 is 1.40 bits per heavy atom. The third-order valence-corrected chi connectivity index (χ3v) is 1.98. The lowest BCUT2D eigenvalue weighted by molar-refractivity contribution is 0.215. The zero-order chi connectivity index (χ0) is 7.23. The predicted molar refractivity (Wildman–Crippen MR) is 40.5 cm³/mol. The van der Waals surface area contributed by atoms with Crippen molar-refractivity contribution in [2.75, 3.05) is 12.4 Å². The van der Waals surface area contributed by atoms with E-state index in [1.54, 1.807) is 24.2 Å². The normalized spacial score (nSPS) is 9.70. The van der Waals surface area contributed by atoms with Gasteiger partial charge in [0.05, 0.1) is 6.61 Å². The summed E-state index contributed by atoms with van der Waals surface area (Å²) in [7, 11) is 0. The minimum atomic E-state index is -0.0208. The number of hydrogen-bond donors (Lipinski definition) is 0. The standard InChI is InChI=1S/C7H8NOS/c9-5-6-10-7-1-3-8-4-2-7/h1-4H,5-6H2. The number of nitrogens with zero attached hydrogens (tertiary/aromatic N) is 1. The number of rotatable bonds is 3. The Morgan fingerprint density at radius 3 is 2.70 bits per heavy atom. The minimum absolute atomic E-state index is 0.0208. The molecule has 1 aromatic heterocycles. The van der Waals surface area contributed by atoms with Gasteiger partial charge in [-0.2, -0.15) is 0 Å². The van der Waals surface area contributed by atoms with Crippen LogP contribution in [0.1, 0.15) is 0 Å². The number of aromatic nitrogens is 1. The number of pyridine rings is 1. The van der Waals surface area contributed by atoms with Crippen molar-refractivity contribution in [3.63, 3.8) is 0 Å². The third kappa shape index (κ3) is 2.37. The third-order valence-electron chi connectivity index (χ3n) is 1.00. The van der Waals surface area contributed by atoms with Gasteiger partial charge in [0.25, 0.3) is 0 Å². The van der Waals surface area contributed by atoms with Crippen molar-refractivity contribution >= 4 is 11.8 Å². The zero-order valence-corrected chi connectivity index (χ0v) is 6.30. The fourth-order valence-electron chi connectivity index (χ4n) is 0.594. The minimum Gasteiger partial charge on any atom is -0.265 e. The molecule has 0 fully saturated rings. The lowest BCUT2D eigenvalue weighted by Gasteiger charge is -1.94. The first-order chi connectivity index (χ1) is 4.93. The molecule has 1 heterocycles. The molecule has 1 radical (unpaired) electrons. The number of thioether (sulfide) groups is 1. The number of hydrogen-bond acceptors (Lipinski definition) is 2. The molecule has 0 atom stereocenters. The van der Waals surface area contributed by atoms with E-state index in [0.29, 0.717) is 5.75 Å². The van der Waals surface area contributed by atoms with Gasteiger partial charge in [-0.25, -0.2) is 5.11 Å². The Kier molecular flexibility index (Phi) is 3.26. The van der Waals surface area contributed by atoms with Crippen molar-refractivity contribution in [1.29, 1.82) is 0 Å². The topological polar surface area (TPSA) is 32.8 Å². The van der Waals surface area contributed by atoms with Crippen LogP contribution in [0.5, 0.6) is 0 Å². The Hall–Kier alpha value is -0.540. The van der Waals surface area contributed by atoms with Gasteiger partial charge in [-0.15, -0.1) is 11.8 Å². The van der Waals surface area contributed by atoms with E-state index in [9.17, 15) is 5.11 Å². The quantitative estimate of drug-likeness (QED) is 0.619. The van der Waals surface area contributed by atoms with E-state index in [4.69, 9.17) is 0 Å². The Balaban J connectivity index is 2.43. The van der Waals surface area contributed by atoms with Crippen molar-refractivity contribution in [2.45, 2.75) is 4.90 Å². The molecule has 53 valence electrons. The highest BCUT2D eigenvalue weighted by Crippen LogP contribution is 2.14. The molecular weight excluding hydrogens is 146 g/mol. The molecule has 1 rings (SSSR count).